The molecule has 0 saturated heterocycles. The van der Waals surface area contributed by atoms with E-state index in [4.69, 9.17) is 5.84 Å². The molecular formula is C9H13F3N4. The molecule has 1 aromatic rings. The Morgan fingerprint density at radius 1 is 1.38 bits per heavy atom. The number of aromatic nitrogens is 2. The number of nitrogens with one attached hydrogen (secondary N) is 1. The number of hydrogen-bond donors (Lipinski definition) is 2. The highest BCUT2D eigenvalue weighted by atomic mass is 19.4. The van der Waals surface area contributed by atoms with Crippen molar-refractivity contribution < 1.29 is 13.2 Å². The lowest BCUT2D eigenvalue weighted by Crippen LogP contribution is -2.17. The van der Waals surface area contributed by atoms with Crippen LogP contribution in [0.3, 0.4) is 0 Å². The van der Waals surface area contributed by atoms with Gasteiger partial charge in [0, 0.05) is 11.8 Å². The average molecular weight is 234 g/mol. The molecule has 3 N–H and O–H groups in total. The molecule has 4 nitrogen and oxygen atoms in total. The third kappa shape index (κ3) is 4.01. The standard InChI is InChI=1S/C9H13F3N4/c1-2-3-6-4-7(16-13)15-8(14-6)5-9(10,11)12/h4H,2-3,5,13H2,1H3,(H,14,15,16). The number of hydrazine groups is 1. The smallest absolute Gasteiger partial charge is 0.308 e. The second-order valence-corrected chi connectivity index (χ2v) is 3.35. The van der Waals surface area contributed by atoms with Gasteiger partial charge in [-0.25, -0.2) is 15.8 Å². The molecule has 0 unspecified atom stereocenters. The molecule has 0 aliphatic rings. The molecule has 0 atom stereocenters. The zero-order valence-electron chi connectivity index (χ0n) is 8.80. The minimum absolute atomic E-state index is 0.206. The number of hydrogen-bond acceptors (Lipinski definition) is 4. The summed E-state index contributed by atoms with van der Waals surface area (Å²) in [5, 5.41) is 0. The SMILES string of the molecule is CCCc1cc(NN)nc(CC(F)(F)F)n1. The van der Waals surface area contributed by atoms with Gasteiger partial charge >= 0.3 is 6.18 Å². The van der Waals surface area contributed by atoms with E-state index in [2.05, 4.69) is 15.4 Å². The zero-order valence-corrected chi connectivity index (χ0v) is 8.80. The van der Waals surface area contributed by atoms with E-state index in [0.29, 0.717) is 12.1 Å². The van der Waals surface area contributed by atoms with Crippen molar-refractivity contribution in [2.24, 2.45) is 5.84 Å². The monoisotopic (exact) mass is 234 g/mol. The number of halogens is 3. The second-order valence-electron chi connectivity index (χ2n) is 3.35. The molecule has 0 saturated carbocycles. The van der Waals surface area contributed by atoms with Crippen molar-refractivity contribution in [3.05, 3.63) is 17.6 Å². The molecule has 0 aliphatic heterocycles. The minimum Gasteiger partial charge on any atom is -0.308 e. The van der Waals surface area contributed by atoms with Crippen LogP contribution in [-0.2, 0) is 12.8 Å². The van der Waals surface area contributed by atoms with Crippen molar-refractivity contribution in [3.8, 4) is 0 Å². The first-order valence-corrected chi connectivity index (χ1v) is 4.85. The van der Waals surface area contributed by atoms with Gasteiger partial charge in [-0.15, -0.1) is 0 Å². The summed E-state index contributed by atoms with van der Waals surface area (Å²) in [6.07, 6.45) is -4.05. The maximum absolute atomic E-state index is 12.2. The largest absolute Gasteiger partial charge is 0.396 e. The summed E-state index contributed by atoms with van der Waals surface area (Å²) >= 11 is 0. The first-order chi connectivity index (χ1) is 7.44. The van der Waals surface area contributed by atoms with E-state index < -0.39 is 12.6 Å². The predicted octanol–water partition coefficient (Wildman–Crippen LogP) is 1.82. The number of alkyl halides is 3. The van der Waals surface area contributed by atoms with Gasteiger partial charge in [0.05, 0.1) is 0 Å². The number of anilines is 1. The van der Waals surface area contributed by atoms with Gasteiger partial charge in [0.2, 0.25) is 0 Å². The van der Waals surface area contributed by atoms with Crippen LogP contribution in [-0.4, -0.2) is 16.1 Å². The van der Waals surface area contributed by atoms with Crippen LogP contribution in [0, 0.1) is 0 Å². The maximum atomic E-state index is 12.2. The Balaban J connectivity index is 2.95. The Bertz CT molecular complexity index is 351. The third-order valence-electron chi connectivity index (χ3n) is 1.84. The quantitative estimate of drug-likeness (QED) is 0.616. The fourth-order valence-electron chi connectivity index (χ4n) is 1.27. The van der Waals surface area contributed by atoms with Crippen LogP contribution in [0.4, 0.5) is 19.0 Å². The lowest BCUT2D eigenvalue weighted by molar-refractivity contribution is -0.128. The van der Waals surface area contributed by atoms with Crippen molar-refractivity contribution in [3.63, 3.8) is 0 Å². The van der Waals surface area contributed by atoms with E-state index in [1.165, 1.54) is 0 Å². The van der Waals surface area contributed by atoms with Crippen molar-refractivity contribution in [2.45, 2.75) is 32.4 Å². The molecule has 0 spiro atoms. The van der Waals surface area contributed by atoms with Gasteiger partial charge in [-0.05, 0) is 6.42 Å². The molecule has 16 heavy (non-hydrogen) atoms. The van der Waals surface area contributed by atoms with Gasteiger partial charge in [0.25, 0.3) is 0 Å². The Hall–Kier alpha value is -1.37. The maximum Gasteiger partial charge on any atom is 0.396 e. The van der Waals surface area contributed by atoms with E-state index in [-0.39, 0.29) is 11.6 Å². The Morgan fingerprint density at radius 2 is 2.06 bits per heavy atom. The van der Waals surface area contributed by atoms with Crippen LogP contribution in [0.2, 0.25) is 0 Å². The lowest BCUT2D eigenvalue weighted by Gasteiger charge is -2.08. The molecule has 0 radical (unpaired) electrons. The number of rotatable bonds is 4. The van der Waals surface area contributed by atoms with Crippen molar-refractivity contribution >= 4 is 5.82 Å². The van der Waals surface area contributed by atoms with Gasteiger partial charge in [0.15, 0.2) is 0 Å². The molecule has 0 aliphatic carbocycles. The predicted molar refractivity (Wildman–Crippen MR) is 53.6 cm³/mol. The van der Waals surface area contributed by atoms with Crippen molar-refractivity contribution in [2.75, 3.05) is 5.43 Å². The normalized spacial score (nSPS) is 11.6. The minimum atomic E-state index is -4.31. The highest BCUT2D eigenvalue weighted by Crippen LogP contribution is 2.20. The molecule has 1 rings (SSSR count). The van der Waals surface area contributed by atoms with Crippen molar-refractivity contribution in [1.29, 1.82) is 0 Å². The highest BCUT2D eigenvalue weighted by molar-refractivity contribution is 5.34. The number of aryl methyl sites for hydroxylation is 1. The second kappa shape index (κ2) is 5.11. The molecule has 0 amide bonds. The van der Waals surface area contributed by atoms with E-state index >= 15 is 0 Å². The summed E-state index contributed by atoms with van der Waals surface area (Å²) in [5.41, 5.74) is 2.79. The summed E-state index contributed by atoms with van der Waals surface area (Å²) in [7, 11) is 0. The Morgan fingerprint density at radius 3 is 2.56 bits per heavy atom. The summed E-state index contributed by atoms with van der Waals surface area (Å²) < 4.78 is 36.5. The summed E-state index contributed by atoms with van der Waals surface area (Å²) in [5.74, 6) is 5.07. The van der Waals surface area contributed by atoms with Crippen LogP contribution in [0.15, 0.2) is 6.07 Å². The van der Waals surface area contributed by atoms with Gasteiger partial charge in [0.1, 0.15) is 18.1 Å². The average Bonchev–Trinajstić information content (AvgIpc) is 2.15. The van der Waals surface area contributed by atoms with Gasteiger partial charge in [-0.1, -0.05) is 13.3 Å². The molecule has 0 aromatic carbocycles. The van der Waals surface area contributed by atoms with E-state index in [1.807, 2.05) is 6.92 Å². The number of nitrogens with two attached hydrogens (primary N) is 1. The van der Waals surface area contributed by atoms with E-state index in [0.717, 1.165) is 6.42 Å². The van der Waals surface area contributed by atoms with Gasteiger partial charge in [-0.3, -0.25) is 0 Å². The summed E-state index contributed by atoms with van der Waals surface area (Å²) in [4.78, 5) is 7.48. The van der Waals surface area contributed by atoms with Gasteiger partial charge in [-0.2, -0.15) is 13.2 Å². The molecule has 0 bridgehead atoms. The van der Waals surface area contributed by atoms with Crippen LogP contribution in [0.5, 0.6) is 0 Å². The fourth-order valence-corrected chi connectivity index (χ4v) is 1.27. The number of nitrogen functional groups attached to an aromatic ring is 1. The van der Waals surface area contributed by atoms with Crippen LogP contribution in [0.25, 0.3) is 0 Å². The van der Waals surface area contributed by atoms with Crippen LogP contribution >= 0.6 is 0 Å². The Labute approximate surface area is 91.1 Å². The summed E-state index contributed by atoms with van der Waals surface area (Å²) in [6.45, 7) is 1.92. The lowest BCUT2D eigenvalue weighted by atomic mass is 10.2. The molecule has 1 heterocycles. The van der Waals surface area contributed by atoms with Crippen molar-refractivity contribution in [1.82, 2.24) is 9.97 Å². The Kier molecular flexibility index (Phi) is 4.05. The van der Waals surface area contributed by atoms with E-state index in [9.17, 15) is 13.2 Å². The van der Waals surface area contributed by atoms with Gasteiger partial charge < -0.3 is 5.43 Å². The molecular weight excluding hydrogens is 221 g/mol. The van der Waals surface area contributed by atoms with Crippen LogP contribution in [0.1, 0.15) is 24.9 Å². The van der Waals surface area contributed by atoms with E-state index in [1.54, 1.807) is 6.07 Å². The topological polar surface area (TPSA) is 63.8 Å². The molecule has 90 valence electrons. The molecule has 0 fully saturated rings. The first kappa shape index (κ1) is 12.7. The van der Waals surface area contributed by atoms with Crippen LogP contribution < -0.4 is 11.3 Å². The molecule has 1 aromatic heterocycles. The first-order valence-electron chi connectivity index (χ1n) is 4.85. The number of nitrogens with zero attached hydrogens (tertiary/aromatic N) is 2. The molecule has 7 heteroatoms. The summed E-state index contributed by atoms with van der Waals surface area (Å²) in [6, 6.07) is 1.55. The third-order valence-corrected chi connectivity index (χ3v) is 1.84. The zero-order chi connectivity index (χ0) is 12.2. The highest BCUT2D eigenvalue weighted by Gasteiger charge is 2.29. The fraction of sp³-hybridized carbons (Fsp3) is 0.556.